The van der Waals surface area contributed by atoms with Crippen LogP contribution in [-0.4, -0.2) is 34.6 Å². The number of carbonyl (C=O) groups excluding carboxylic acids is 2. The van der Waals surface area contributed by atoms with Gasteiger partial charge in [-0.3, -0.25) is 9.59 Å². The fourth-order valence-corrected chi connectivity index (χ4v) is 5.80. The molecule has 0 bridgehead atoms. The number of carbonyl (C=O) groups is 2. The standard InChI is InChI=1S/C25H29Cl3N2O2S/c1-17(25(32)29-19-9-3-2-4-10-19)30(14-18-8-5-6-11-21(18)26)24(31)16-33-15-20-22(27)12-7-13-23(20)28/h5-8,11-13,17,19H,2-4,9-10,14-16H2,1H3,(H,29,32)/t17-/m1/s1. The Morgan fingerprint density at radius 2 is 1.64 bits per heavy atom. The molecular weight excluding hydrogens is 499 g/mol. The molecule has 0 spiro atoms. The summed E-state index contributed by atoms with van der Waals surface area (Å²) >= 11 is 20.3. The molecule has 1 fully saturated rings. The van der Waals surface area contributed by atoms with Gasteiger partial charge in [-0.25, -0.2) is 0 Å². The zero-order valence-electron chi connectivity index (χ0n) is 18.7. The van der Waals surface area contributed by atoms with Crippen LogP contribution in [0.25, 0.3) is 0 Å². The highest BCUT2D eigenvalue weighted by Gasteiger charge is 2.28. The highest BCUT2D eigenvalue weighted by atomic mass is 35.5. The van der Waals surface area contributed by atoms with Crippen molar-refractivity contribution in [2.45, 2.75) is 63.4 Å². The largest absolute Gasteiger partial charge is 0.352 e. The number of thioether (sulfide) groups is 1. The number of nitrogens with zero attached hydrogens (tertiary/aromatic N) is 1. The van der Waals surface area contributed by atoms with Crippen molar-refractivity contribution in [2.24, 2.45) is 0 Å². The molecular formula is C25H29Cl3N2O2S. The van der Waals surface area contributed by atoms with Crippen molar-refractivity contribution in [3.05, 3.63) is 68.7 Å². The molecule has 0 heterocycles. The molecule has 0 unspecified atom stereocenters. The Balaban J connectivity index is 1.69. The van der Waals surface area contributed by atoms with Crippen LogP contribution in [0.1, 0.15) is 50.2 Å². The first-order chi connectivity index (χ1) is 15.9. The minimum Gasteiger partial charge on any atom is -0.352 e. The average Bonchev–Trinajstić information content (AvgIpc) is 2.80. The van der Waals surface area contributed by atoms with E-state index >= 15 is 0 Å². The minimum atomic E-state index is -0.611. The molecule has 2 aromatic rings. The van der Waals surface area contributed by atoms with Crippen LogP contribution in [0.5, 0.6) is 0 Å². The van der Waals surface area contributed by atoms with E-state index < -0.39 is 6.04 Å². The molecule has 1 atom stereocenters. The number of benzene rings is 2. The molecule has 1 aliphatic carbocycles. The van der Waals surface area contributed by atoms with Gasteiger partial charge in [0.15, 0.2) is 0 Å². The van der Waals surface area contributed by atoms with Gasteiger partial charge in [0.25, 0.3) is 0 Å². The number of halogens is 3. The molecule has 0 radical (unpaired) electrons. The van der Waals surface area contributed by atoms with Crippen molar-refractivity contribution in [1.29, 1.82) is 0 Å². The lowest BCUT2D eigenvalue weighted by molar-refractivity contribution is -0.139. The number of nitrogens with one attached hydrogen (secondary N) is 1. The van der Waals surface area contributed by atoms with E-state index in [9.17, 15) is 9.59 Å². The summed E-state index contributed by atoms with van der Waals surface area (Å²) in [7, 11) is 0. The van der Waals surface area contributed by atoms with Crippen LogP contribution < -0.4 is 5.32 Å². The smallest absolute Gasteiger partial charge is 0.242 e. The summed E-state index contributed by atoms with van der Waals surface area (Å²) in [5.41, 5.74) is 1.61. The van der Waals surface area contributed by atoms with Gasteiger partial charge in [0.1, 0.15) is 6.04 Å². The van der Waals surface area contributed by atoms with E-state index in [2.05, 4.69) is 5.32 Å². The van der Waals surface area contributed by atoms with Crippen LogP contribution in [0.15, 0.2) is 42.5 Å². The Kier molecular flexibility index (Phi) is 10.2. The normalized spacial score (nSPS) is 15.2. The second-order valence-corrected chi connectivity index (χ2v) is 10.5. The molecule has 0 aliphatic heterocycles. The Bertz CT molecular complexity index is 946. The second-order valence-electron chi connectivity index (χ2n) is 8.33. The molecule has 178 valence electrons. The van der Waals surface area contributed by atoms with Crippen molar-refractivity contribution in [2.75, 3.05) is 5.75 Å². The van der Waals surface area contributed by atoms with Crippen LogP contribution in [0, 0.1) is 0 Å². The number of rotatable bonds is 9. The van der Waals surface area contributed by atoms with Gasteiger partial charge in [-0.2, -0.15) is 0 Å². The Hall–Kier alpha value is -1.40. The van der Waals surface area contributed by atoms with Crippen molar-refractivity contribution in [3.8, 4) is 0 Å². The molecule has 4 nitrogen and oxygen atoms in total. The first-order valence-corrected chi connectivity index (χ1v) is 13.5. The average molecular weight is 528 g/mol. The van der Waals surface area contributed by atoms with Crippen LogP contribution in [-0.2, 0) is 21.9 Å². The summed E-state index contributed by atoms with van der Waals surface area (Å²) in [5.74, 6) is 0.454. The van der Waals surface area contributed by atoms with Gasteiger partial charge in [-0.05, 0) is 49.1 Å². The van der Waals surface area contributed by atoms with Gasteiger partial charge in [0.2, 0.25) is 11.8 Å². The highest BCUT2D eigenvalue weighted by Crippen LogP contribution is 2.29. The predicted octanol–water partition coefficient (Wildman–Crippen LogP) is 6.75. The molecule has 2 aromatic carbocycles. The Labute approximate surface area is 215 Å². The van der Waals surface area contributed by atoms with E-state index in [-0.39, 0.29) is 30.2 Å². The zero-order chi connectivity index (χ0) is 23.8. The van der Waals surface area contributed by atoms with E-state index in [4.69, 9.17) is 34.8 Å². The maximum Gasteiger partial charge on any atom is 0.242 e. The van der Waals surface area contributed by atoms with Gasteiger partial charge in [-0.15, -0.1) is 11.8 Å². The number of amides is 2. The maximum atomic E-state index is 13.3. The lowest BCUT2D eigenvalue weighted by Gasteiger charge is -2.31. The third-order valence-corrected chi connectivity index (χ3v) is 7.97. The van der Waals surface area contributed by atoms with Crippen LogP contribution in [0.2, 0.25) is 15.1 Å². The SMILES string of the molecule is C[C@H](C(=O)NC1CCCCC1)N(Cc1ccccc1Cl)C(=O)CSCc1c(Cl)cccc1Cl. The fraction of sp³-hybridized carbons (Fsp3) is 0.440. The Morgan fingerprint density at radius 3 is 2.30 bits per heavy atom. The summed E-state index contributed by atoms with van der Waals surface area (Å²) in [4.78, 5) is 27.9. The summed E-state index contributed by atoms with van der Waals surface area (Å²) in [5, 5.41) is 4.88. The fourth-order valence-electron chi connectivity index (χ4n) is 3.96. The first-order valence-electron chi connectivity index (χ1n) is 11.2. The maximum absolute atomic E-state index is 13.3. The van der Waals surface area contributed by atoms with Crippen molar-refractivity contribution < 1.29 is 9.59 Å². The summed E-state index contributed by atoms with van der Waals surface area (Å²) in [6.45, 7) is 2.05. The number of hydrogen-bond acceptors (Lipinski definition) is 3. The van der Waals surface area contributed by atoms with Crippen molar-refractivity contribution in [1.82, 2.24) is 10.2 Å². The van der Waals surface area contributed by atoms with Gasteiger partial charge < -0.3 is 10.2 Å². The topological polar surface area (TPSA) is 49.4 Å². The van der Waals surface area contributed by atoms with Crippen LogP contribution in [0.3, 0.4) is 0 Å². The molecule has 1 saturated carbocycles. The van der Waals surface area contributed by atoms with Gasteiger partial charge in [-0.1, -0.05) is 78.3 Å². The van der Waals surface area contributed by atoms with E-state index in [1.807, 2.05) is 18.2 Å². The monoisotopic (exact) mass is 526 g/mol. The molecule has 3 rings (SSSR count). The van der Waals surface area contributed by atoms with Gasteiger partial charge in [0.05, 0.1) is 5.75 Å². The van der Waals surface area contributed by atoms with E-state index in [1.165, 1.54) is 18.2 Å². The summed E-state index contributed by atoms with van der Waals surface area (Å²) < 4.78 is 0. The highest BCUT2D eigenvalue weighted by molar-refractivity contribution is 7.99. The van der Waals surface area contributed by atoms with Crippen molar-refractivity contribution >= 4 is 58.4 Å². The van der Waals surface area contributed by atoms with E-state index in [1.54, 1.807) is 36.1 Å². The van der Waals surface area contributed by atoms with E-state index in [0.717, 1.165) is 36.8 Å². The summed E-state index contributed by atoms with van der Waals surface area (Å²) in [6, 6.07) is 12.3. The lowest BCUT2D eigenvalue weighted by atomic mass is 9.95. The lowest BCUT2D eigenvalue weighted by Crippen LogP contribution is -2.50. The minimum absolute atomic E-state index is 0.124. The third kappa shape index (κ3) is 7.54. The Morgan fingerprint density at radius 1 is 1.00 bits per heavy atom. The third-order valence-electron chi connectivity index (χ3n) is 5.95. The van der Waals surface area contributed by atoms with E-state index in [0.29, 0.717) is 20.8 Å². The predicted molar refractivity (Wildman–Crippen MR) is 139 cm³/mol. The number of hydrogen-bond donors (Lipinski definition) is 1. The van der Waals surface area contributed by atoms with Crippen LogP contribution >= 0.6 is 46.6 Å². The first kappa shape index (κ1) is 26.2. The van der Waals surface area contributed by atoms with Crippen LogP contribution in [0.4, 0.5) is 0 Å². The quantitative estimate of drug-likeness (QED) is 0.392. The molecule has 1 N–H and O–H groups in total. The molecule has 1 aliphatic rings. The molecule has 0 aromatic heterocycles. The molecule has 8 heteroatoms. The molecule has 0 saturated heterocycles. The molecule has 33 heavy (non-hydrogen) atoms. The van der Waals surface area contributed by atoms with Gasteiger partial charge in [0, 0.05) is 33.4 Å². The second kappa shape index (κ2) is 12.9. The summed E-state index contributed by atoms with van der Waals surface area (Å²) in [6.07, 6.45) is 5.45. The van der Waals surface area contributed by atoms with Gasteiger partial charge >= 0.3 is 0 Å². The van der Waals surface area contributed by atoms with Crippen molar-refractivity contribution in [3.63, 3.8) is 0 Å². The molecule has 2 amide bonds. The zero-order valence-corrected chi connectivity index (χ0v) is 21.7.